The van der Waals surface area contributed by atoms with E-state index in [2.05, 4.69) is 4.98 Å². The van der Waals surface area contributed by atoms with Gasteiger partial charge in [0, 0.05) is 23.3 Å². The van der Waals surface area contributed by atoms with Crippen LogP contribution in [-0.4, -0.2) is 15.3 Å². The molecule has 0 aromatic carbocycles. The Kier molecular flexibility index (Phi) is 2.41. The van der Waals surface area contributed by atoms with Gasteiger partial charge < -0.3 is 4.57 Å². The maximum Gasteiger partial charge on any atom is 0.237 e. The van der Waals surface area contributed by atoms with Crippen molar-refractivity contribution in [3.05, 3.63) is 30.0 Å². The van der Waals surface area contributed by atoms with Crippen LogP contribution in [0.5, 0.6) is 0 Å². The summed E-state index contributed by atoms with van der Waals surface area (Å²) in [5.41, 5.74) is 0.612. The summed E-state index contributed by atoms with van der Waals surface area (Å²) in [7, 11) is 0. The zero-order chi connectivity index (χ0) is 11.7. The van der Waals surface area contributed by atoms with Gasteiger partial charge in [-0.2, -0.15) is 9.65 Å². The number of hydrogen-bond acceptors (Lipinski definition) is 3. The highest BCUT2D eigenvalue weighted by Gasteiger charge is 2.15. The second kappa shape index (κ2) is 3.74. The Morgan fingerprint density at radius 2 is 2.44 bits per heavy atom. The average molecular weight is 217 g/mol. The summed E-state index contributed by atoms with van der Waals surface area (Å²) in [4.78, 5) is 14.9. The van der Waals surface area contributed by atoms with E-state index >= 15 is 0 Å². The summed E-state index contributed by atoms with van der Waals surface area (Å²) in [6, 6.07) is 3.49. The molecular formula is C11H8FN3O. The fraction of sp³-hybridized carbons (Fsp3) is 0.182. The first-order valence-corrected chi connectivity index (χ1v) is 4.66. The quantitative estimate of drug-likeness (QED) is 0.570. The van der Waals surface area contributed by atoms with Crippen LogP contribution in [0, 0.1) is 17.3 Å². The van der Waals surface area contributed by atoms with E-state index < -0.39 is 5.95 Å². The van der Waals surface area contributed by atoms with Crippen molar-refractivity contribution in [3.8, 4) is 6.07 Å². The lowest BCUT2D eigenvalue weighted by molar-refractivity contribution is 0.101. The van der Waals surface area contributed by atoms with Crippen molar-refractivity contribution in [1.29, 1.82) is 5.26 Å². The second-order valence-corrected chi connectivity index (χ2v) is 3.38. The third-order valence-electron chi connectivity index (χ3n) is 2.36. The van der Waals surface area contributed by atoms with Gasteiger partial charge in [-0.15, -0.1) is 0 Å². The van der Waals surface area contributed by atoms with Gasteiger partial charge in [0.2, 0.25) is 5.95 Å². The van der Waals surface area contributed by atoms with Gasteiger partial charge >= 0.3 is 0 Å². The van der Waals surface area contributed by atoms with E-state index in [9.17, 15) is 9.18 Å². The largest absolute Gasteiger partial charge is 0.329 e. The first kappa shape index (κ1) is 10.3. The van der Waals surface area contributed by atoms with Crippen LogP contribution < -0.4 is 0 Å². The molecule has 16 heavy (non-hydrogen) atoms. The van der Waals surface area contributed by atoms with E-state index in [0.717, 1.165) is 0 Å². The lowest BCUT2D eigenvalue weighted by atomic mass is 10.1. The standard InChI is InChI=1S/C11H8FN3O/c1-7(16)9-6-15(5-3-13)10-8(9)2-4-14-11(10)12/h2,4,6H,5H2,1H3. The molecule has 0 aliphatic carbocycles. The molecule has 0 aliphatic heterocycles. The molecule has 2 aromatic heterocycles. The number of Topliss-reactive ketones (excluding diaryl/α,β-unsaturated/α-hetero) is 1. The van der Waals surface area contributed by atoms with Gasteiger partial charge in [-0.25, -0.2) is 4.98 Å². The van der Waals surface area contributed by atoms with Crippen LogP contribution in [0.3, 0.4) is 0 Å². The number of pyridine rings is 1. The molecule has 0 saturated carbocycles. The number of nitrogens with zero attached hydrogens (tertiary/aromatic N) is 3. The van der Waals surface area contributed by atoms with Crippen molar-refractivity contribution in [3.63, 3.8) is 0 Å². The Balaban J connectivity index is 2.83. The number of hydrogen-bond donors (Lipinski definition) is 0. The zero-order valence-electron chi connectivity index (χ0n) is 8.57. The van der Waals surface area contributed by atoms with Gasteiger partial charge in [0.25, 0.3) is 0 Å². The molecule has 2 rings (SSSR count). The van der Waals surface area contributed by atoms with E-state index in [1.807, 2.05) is 6.07 Å². The second-order valence-electron chi connectivity index (χ2n) is 3.38. The third kappa shape index (κ3) is 1.44. The Labute approximate surface area is 90.9 Å². The SMILES string of the molecule is CC(=O)c1cn(CC#N)c2c(F)nccc12. The van der Waals surface area contributed by atoms with Crippen LogP contribution in [0.15, 0.2) is 18.5 Å². The maximum atomic E-state index is 13.5. The topological polar surface area (TPSA) is 58.7 Å². The van der Waals surface area contributed by atoms with Crippen molar-refractivity contribution in [2.75, 3.05) is 0 Å². The smallest absolute Gasteiger partial charge is 0.237 e. The minimum atomic E-state index is -0.666. The first-order chi connectivity index (χ1) is 7.65. The molecule has 4 nitrogen and oxygen atoms in total. The van der Waals surface area contributed by atoms with Crippen LogP contribution in [0.25, 0.3) is 10.9 Å². The predicted octanol–water partition coefficient (Wildman–Crippen LogP) is 1.90. The molecule has 2 heterocycles. The number of aromatic nitrogens is 2. The minimum Gasteiger partial charge on any atom is -0.329 e. The van der Waals surface area contributed by atoms with Gasteiger partial charge in [0.1, 0.15) is 12.1 Å². The Bertz CT molecular complexity index is 609. The van der Waals surface area contributed by atoms with Crippen molar-refractivity contribution in [2.45, 2.75) is 13.5 Å². The van der Waals surface area contributed by atoms with Gasteiger partial charge in [-0.1, -0.05) is 0 Å². The fourth-order valence-electron chi connectivity index (χ4n) is 1.69. The minimum absolute atomic E-state index is 0.00755. The van der Waals surface area contributed by atoms with E-state index in [1.165, 1.54) is 23.9 Å². The molecule has 0 bridgehead atoms. The Morgan fingerprint density at radius 1 is 1.69 bits per heavy atom. The summed E-state index contributed by atoms with van der Waals surface area (Å²) < 4.78 is 14.9. The molecule has 0 fully saturated rings. The van der Waals surface area contributed by atoms with Crippen LogP contribution in [-0.2, 0) is 6.54 Å². The Hall–Kier alpha value is -2.22. The van der Waals surface area contributed by atoms with E-state index in [0.29, 0.717) is 10.9 Å². The maximum absolute atomic E-state index is 13.5. The van der Waals surface area contributed by atoms with Gasteiger partial charge in [-0.05, 0) is 13.0 Å². The molecule has 0 N–H and O–H groups in total. The fourth-order valence-corrected chi connectivity index (χ4v) is 1.69. The normalized spacial score (nSPS) is 10.3. The molecule has 5 heteroatoms. The lowest BCUT2D eigenvalue weighted by Gasteiger charge is -1.98. The highest BCUT2D eigenvalue weighted by atomic mass is 19.1. The molecular weight excluding hydrogens is 209 g/mol. The molecule has 0 atom stereocenters. The number of halogens is 1. The lowest BCUT2D eigenvalue weighted by Crippen LogP contribution is -1.96. The summed E-state index contributed by atoms with van der Waals surface area (Å²) in [5, 5.41) is 9.11. The molecule has 0 aliphatic rings. The van der Waals surface area contributed by atoms with Crippen molar-refractivity contribution in [1.82, 2.24) is 9.55 Å². The third-order valence-corrected chi connectivity index (χ3v) is 2.36. The van der Waals surface area contributed by atoms with E-state index in [4.69, 9.17) is 5.26 Å². The van der Waals surface area contributed by atoms with Crippen molar-refractivity contribution >= 4 is 16.7 Å². The molecule has 0 amide bonds. The predicted molar refractivity (Wildman–Crippen MR) is 55.3 cm³/mol. The van der Waals surface area contributed by atoms with Crippen LogP contribution in [0.2, 0.25) is 0 Å². The summed E-state index contributed by atoms with van der Waals surface area (Å²) in [5.74, 6) is -0.826. The number of carbonyl (C=O) groups is 1. The number of carbonyl (C=O) groups excluding carboxylic acids is 1. The Morgan fingerprint density at radius 3 is 3.06 bits per heavy atom. The van der Waals surface area contributed by atoms with Gasteiger partial charge in [0.15, 0.2) is 5.78 Å². The highest BCUT2D eigenvalue weighted by Crippen LogP contribution is 2.22. The van der Waals surface area contributed by atoms with Gasteiger partial charge in [-0.3, -0.25) is 4.79 Å². The number of rotatable bonds is 2. The molecule has 0 radical (unpaired) electrons. The van der Waals surface area contributed by atoms with E-state index in [1.54, 1.807) is 6.07 Å². The van der Waals surface area contributed by atoms with Crippen molar-refractivity contribution < 1.29 is 9.18 Å². The molecule has 80 valence electrons. The van der Waals surface area contributed by atoms with Gasteiger partial charge in [0.05, 0.1) is 6.07 Å². The number of fused-ring (bicyclic) bond motifs is 1. The average Bonchev–Trinajstić information content (AvgIpc) is 2.59. The zero-order valence-corrected chi connectivity index (χ0v) is 8.57. The number of ketones is 1. The number of nitriles is 1. The molecule has 0 unspecified atom stereocenters. The molecule has 0 saturated heterocycles. The monoisotopic (exact) mass is 217 g/mol. The molecule has 2 aromatic rings. The summed E-state index contributed by atoms with van der Waals surface area (Å²) in [6.45, 7) is 1.40. The van der Waals surface area contributed by atoms with Crippen LogP contribution in [0.4, 0.5) is 4.39 Å². The first-order valence-electron chi connectivity index (χ1n) is 4.66. The molecule has 0 spiro atoms. The highest BCUT2D eigenvalue weighted by molar-refractivity contribution is 6.06. The van der Waals surface area contributed by atoms with Crippen molar-refractivity contribution in [2.24, 2.45) is 0 Å². The summed E-state index contributed by atoms with van der Waals surface area (Å²) in [6.07, 6.45) is 2.79. The summed E-state index contributed by atoms with van der Waals surface area (Å²) >= 11 is 0. The van der Waals surface area contributed by atoms with Crippen LogP contribution in [0.1, 0.15) is 17.3 Å². The van der Waals surface area contributed by atoms with Crippen LogP contribution >= 0.6 is 0 Å². The van der Waals surface area contributed by atoms with E-state index in [-0.39, 0.29) is 17.8 Å².